The molecule has 0 saturated carbocycles. The zero-order valence-corrected chi connectivity index (χ0v) is 19.4. The summed E-state index contributed by atoms with van der Waals surface area (Å²) in [6.45, 7) is 4.12. The maximum absolute atomic E-state index is 12.8. The number of hydrogen-bond donors (Lipinski definition) is 1. The van der Waals surface area contributed by atoms with E-state index in [1.54, 1.807) is 0 Å². The Morgan fingerprint density at radius 2 is 1.47 bits per heavy atom. The van der Waals surface area contributed by atoms with E-state index in [0.29, 0.717) is 12.8 Å². The van der Waals surface area contributed by atoms with E-state index in [1.807, 2.05) is 0 Å². The summed E-state index contributed by atoms with van der Waals surface area (Å²) < 4.78 is 0.912. The highest BCUT2D eigenvalue weighted by Crippen LogP contribution is 2.40. The molecule has 1 aromatic carbocycles. The number of benzene rings is 1. The lowest BCUT2D eigenvalue weighted by molar-refractivity contribution is -0.897. The fraction of sp³-hybridized carbons (Fsp3) is 0.692. The molecule has 4 heteroatoms. The minimum atomic E-state index is -0.783. The second-order valence-electron chi connectivity index (χ2n) is 10.2. The van der Waals surface area contributed by atoms with E-state index in [4.69, 9.17) is 0 Å². The molecule has 0 bridgehead atoms. The van der Waals surface area contributed by atoms with Gasteiger partial charge < -0.3 is 9.59 Å². The van der Waals surface area contributed by atoms with Gasteiger partial charge in [0.2, 0.25) is 0 Å². The molecule has 0 unspecified atom stereocenters. The summed E-state index contributed by atoms with van der Waals surface area (Å²) in [6, 6.07) is 8.47. The van der Waals surface area contributed by atoms with Crippen LogP contribution in [0, 0.1) is 5.41 Å². The summed E-state index contributed by atoms with van der Waals surface area (Å²) in [5.41, 5.74) is 2.02. The number of ketones is 1. The van der Waals surface area contributed by atoms with Crippen molar-refractivity contribution >= 4 is 11.8 Å². The number of aliphatic carboxylic acids is 1. The topological polar surface area (TPSA) is 54.4 Å². The van der Waals surface area contributed by atoms with E-state index in [-0.39, 0.29) is 17.6 Å². The van der Waals surface area contributed by atoms with Crippen molar-refractivity contribution in [1.29, 1.82) is 0 Å². The Balaban J connectivity index is 1.83. The fourth-order valence-corrected chi connectivity index (χ4v) is 4.69. The Hall–Kier alpha value is -1.68. The number of rotatable bonds is 13. The first-order valence-corrected chi connectivity index (χ1v) is 11.9. The Kier molecular flexibility index (Phi) is 9.54. The average molecular weight is 417 g/mol. The third-order valence-electron chi connectivity index (χ3n) is 6.84. The molecule has 2 rings (SSSR count). The van der Waals surface area contributed by atoms with Crippen LogP contribution in [0.2, 0.25) is 0 Å². The van der Waals surface area contributed by atoms with Crippen LogP contribution < -0.4 is 0 Å². The Bertz CT molecular complexity index is 668. The largest absolute Gasteiger partial charge is 0.481 e. The monoisotopic (exact) mass is 416 g/mol. The van der Waals surface area contributed by atoms with Gasteiger partial charge in [-0.1, -0.05) is 63.3 Å². The van der Waals surface area contributed by atoms with Gasteiger partial charge in [-0.25, -0.2) is 0 Å². The normalized spacial score (nSPS) is 17.6. The third-order valence-corrected chi connectivity index (χ3v) is 6.84. The number of likely N-dealkylation sites (tertiary alicyclic amines) is 1. The zero-order valence-electron chi connectivity index (χ0n) is 19.4. The summed E-state index contributed by atoms with van der Waals surface area (Å²) in [7, 11) is 4.36. The molecule has 1 saturated heterocycles. The number of carboxylic acid groups (broad SMARTS) is 1. The second-order valence-corrected chi connectivity index (χ2v) is 10.2. The van der Waals surface area contributed by atoms with Crippen LogP contribution in [0.5, 0.6) is 0 Å². The number of carbonyl (C=O) groups excluding carboxylic acids is 1. The van der Waals surface area contributed by atoms with E-state index < -0.39 is 5.97 Å². The van der Waals surface area contributed by atoms with Gasteiger partial charge in [-0.2, -0.15) is 0 Å². The van der Waals surface area contributed by atoms with Crippen LogP contribution in [-0.2, 0) is 22.4 Å². The van der Waals surface area contributed by atoms with Gasteiger partial charge in [-0.05, 0) is 29.4 Å². The molecule has 1 fully saturated rings. The molecule has 168 valence electrons. The lowest BCUT2D eigenvalue weighted by Crippen LogP contribution is -2.50. The van der Waals surface area contributed by atoms with E-state index in [0.717, 1.165) is 42.4 Å². The van der Waals surface area contributed by atoms with Crippen molar-refractivity contribution in [3.8, 4) is 0 Å². The highest BCUT2D eigenvalue weighted by atomic mass is 16.4. The molecule has 0 atom stereocenters. The lowest BCUT2D eigenvalue weighted by Gasteiger charge is -2.43. The number of nitrogens with zero attached hydrogens (tertiary/aromatic N) is 1. The molecule has 1 aromatic rings. The number of unbranched alkanes of at least 4 members (excludes halogenated alkanes) is 5. The predicted molar refractivity (Wildman–Crippen MR) is 123 cm³/mol. The highest BCUT2D eigenvalue weighted by molar-refractivity contribution is 5.82. The number of Topliss-reactive ketones (excluding diaryl/α,β-unsaturated/α-hetero) is 1. The van der Waals surface area contributed by atoms with Gasteiger partial charge in [0.1, 0.15) is 5.78 Å². The van der Waals surface area contributed by atoms with Crippen LogP contribution in [0.4, 0.5) is 0 Å². The first-order valence-electron chi connectivity index (χ1n) is 11.9. The van der Waals surface area contributed by atoms with Gasteiger partial charge in [0.05, 0.1) is 33.6 Å². The number of carbonyl (C=O) groups is 2. The molecule has 0 spiro atoms. The standard InChI is InChI=1S/C26H41NO3/c1-4-5-6-7-8-9-10-22-11-13-23(14-12-22)19-24(28)20-26(21-25(29)30)15-17-27(2,3)18-16-26/h11-14H,4-10,15-21H2,1-3H3/p+1. The maximum Gasteiger partial charge on any atom is 0.303 e. The molecule has 4 nitrogen and oxygen atoms in total. The van der Waals surface area contributed by atoms with Crippen molar-refractivity contribution in [2.45, 2.75) is 84.0 Å². The number of hydrogen-bond acceptors (Lipinski definition) is 2. The number of carboxylic acids is 1. The van der Waals surface area contributed by atoms with E-state index in [1.165, 1.54) is 44.1 Å². The third kappa shape index (κ3) is 8.59. The van der Waals surface area contributed by atoms with Crippen molar-refractivity contribution in [1.82, 2.24) is 0 Å². The highest BCUT2D eigenvalue weighted by Gasteiger charge is 2.41. The van der Waals surface area contributed by atoms with Crippen molar-refractivity contribution in [2.75, 3.05) is 27.2 Å². The molecule has 0 aliphatic carbocycles. The van der Waals surface area contributed by atoms with E-state index >= 15 is 0 Å². The SMILES string of the molecule is CCCCCCCCc1ccc(CC(=O)CC2(CC(=O)O)CC[N+](C)(C)CC2)cc1. The van der Waals surface area contributed by atoms with Crippen molar-refractivity contribution in [3.05, 3.63) is 35.4 Å². The minimum Gasteiger partial charge on any atom is -0.481 e. The van der Waals surface area contributed by atoms with Crippen LogP contribution in [0.3, 0.4) is 0 Å². The van der Waals surface area contributed by atoms with Gasteiger partial charge in [-0.15, -0.1) is 0 Å². The molecule has 1 aliphatic rings. The molecule has 1 N–H and O–H groups in total. The number of aryl methyl sites for hydroxylation is 1. The van der Waals surface area contributed by atoms with Gasteiger partial charge in [0, 0.05) is 25.7 Å². The van der Waals surface area contributed by atoms with Crippen LogP contribution in [-0.4, -0.2) is 48.5 Å². The zero-order chi connectivity index (χ0) is 22.0. The Labute approximate surface area is 183 Å². The molecule has 0 radical (unpaired) electrons. The number of quaternary nitrogens is 1. The summed E-state index contributed by atoms with van der Waals surface area (Å²) >= 11 is 0. The molecular weight excluding hydrogens is 374 g/mol. The van der Waals surface area contributed by atoms with Crippen LogP contribution >= 0.6 is 0 Å². The lowest BCUT2D eigenvalue weighted by atomic mass is 9.71. The first kappa shape index (κ1) is 24.6. The Morgan fingerprint density at radius 3 is 2.07 bits per heavy atom. The molecule has 1 heterocycles. The minimum absolute atomic E-state index is 0.107. The van der Waals surface area contributed by atoms with Crippen molar-refractivity contribution in [2.24, 2.45) is 5.41 Å². The van der Waals surface area contributed by atoms with Crippen LogP contribution in [0.25, 0.3) is 0 Å². The average Bonchev–Trinajstić information content (AvgIpc) is 2.68. The van der Waals surface area contributed by atoms with E-state index in [2.05, 4.69) is 45.3 Å². The van der Waals surface area contributed by atoms with Gasteiger partial charge >= 0.3 is 5.97 Å². The second kappa shape index (κ2) is 11.6. The quantitative estimate of drug-likeness (QED) is 0.345. The van der Waals surface area contributed by atoms with Crippen LogP contribution in [0.15, 0.2) is 24.3 Å². The molecule has 1 aliphatic heterocycles. The fourth-order valence-electron chi connectivity index (χ4n) is 4.69. The first-order chi connectivity index (χ1) is 14.2. The van der Waals surface area contributed by atoms with Crippen molar-refractivity contribution < 1.29 is 19.2 Å². The molecule has 0 amide bonds. The van der Waals surface area contributed by atoms with Crippen LogP contribution in [0.1, 0.15) is 82.3 Å². The van der Waals surface area contributed by atoms with E-state index in [9.17, 15) is 14.7 Å². The summed E-state index contributed by atoms with van der Waals surface area (Å²) in [5, 5.41) is 9.41. The van der Waals surface area contributed by atoms with Gasteiger partial charge in [-0.3, -0.25) is 9.59 Å². The Morgan fingerprint density at radius 1 is 0.900 bits per heavy atom. The smallest absolute Gasteiger partial charge is 0.303 e. The number of piperidine rings is 1. The summed E-state index contributed by atoms with van der Waals surface area (Å²) in [4.78, 5) is 24.3. The molecular formula is C26H42NO3+. The van der Waals surface area contributed by atoms with Gasteiger partial charge in [0.15, 0.2) is 0 Å². The molecule has 0 aromatic heterocycles. The predicted octanol–water partition coefficient (Wildman–Crippen LogP) is 5.42. The van der Waals surface area contributed by atoms with Crippen molar-refractivity contribution in [3.63, 3.8) is 0 Å². The summed E-state index contributed by atoms with van der Waals surface area (Å²) in [6.07, 6.45) is 11.5. The summed E-state index contributed by atoms with van der Waals surface area (Å²) in [5.74, 6) is -0.610. The molecule has 30 heavy (non-hydrogen) atoms. The maximum atomic E-state index is 12.8. The van der Waals surface area contributed by atoms with Gasteiger partial charge in [0.25, 0.3) is 0 Å².